The molecule has 2 saturated carbocycles. The van der Waals surface area contributed by atoms with Crippen molar-refractivity contribution in [1.29, 1.82) is 0 Å². The molecule has 0 N–H and O–H groups in total. The average molecular weight is 657 g/mol. The predicted octanol–water partition coefficient (Wildman–Crippen LogP) is 6.67. The SMILES string of the molecule is CC(C)(C)C(=O)/C(=N\OS(=O)(=O)c1cc(C(=O)OC2CCCCC2)cc(C(=O)OC2CCCCC2)c1)c1nc2ccc(F)cc2o1. The largest absolute Gasteiger partial charge is 0.459 e. The molecule has 0 spiro atoms. The van der Waals surface area contributed by atoms with Crippen LogP contribution >= 0.6 is 0 Å². The minimum atomic E-state index is -4.84. The number of fused-ring (bicyclic) bond motifs is 1. The first-order chi connectivity index (χ1) is 21.8. The number of carbonyl (C=O) groups excluding carboxylic acids is 3. The molecule has 0 saturated heterocycles. The third-order valence-electron chi connectivity index (χ3n) is 7.99. The van der Waals surface area contributed by atoms with Crippen LogP contribution in [-0.2, 0) is 28.7 Å². The molecule has 0 aliphatic heterocycles. The zero-order valence-electron chi connectivity index (χ0n) is 26.0. The van der Waals surface area contributed by atoms with E-state index in [0.29, 0.717) is 25.7 Å². The number of oxime groups is 1. The molecule has 1 heterocycles. The smallest absolute Gasteiger partial charge is 0.358 e. The minimum Gasteiger partial charge on any atom is -0.459 e. The highest BCUT2D eigenvalue weighted by molar-refractivity contribution is 7.86. The van der Waals surface area contributed by atoms with Gasteiger partial charge in [0, 0.05) is 11.5 Å². The van der Waals surface area contributed by atoms with Crippen LogP contribution in [0.5, 0.6) is 0 Å². The Morgan fingerprint density at radius 3 is 1.91 bits per heavy atom. The summed E-state index contributed by atoms with van der Waals surface area (Å²) in [6.07, 6.45) is 7.79. The quantitative estimate of drug-likeness (QED) is 0.139. The molecule has 2 aromatic carbocycles. The van der Waals surface area contributed by atoms with Crippen molar-refractivity contribution in [3.63, 3.8) is 0 Å². The van der Waals surface area contributed by atoms with Crippen molar-refractivity contribution in [2.24, 2.45) is 10.6 Å². The first-order valence-electron chi connectivity index (χ1n) is 15.5. The van der Waals surface area contributed by atoms with E-state index in [9.17, 15) is 27.2 Å². The highest BCUT2D eigenvalue weighted by Gasteiger charge is 2.33. The third-order valence-corrected chi connectivity index (χ3v) is 9.08. The van der Waals surface area contributed by atoms with Crippen LogP contribution in [0.1, 0.15) is 112 Å². The molecule has 2 fully saturated rings. The molecule has 2 aliphatic carbocycles. The van der Waals surface area contributed by atoms with Gasteiger partial charge in [0.2, 0.25) is 5.71 Å². The normalized spacial score (nSPS) is 17.1. The van der Waals surface area contributed by atoms with Crippen LogP contribution in [0.2, 0.25) is 0 Å². The highest BCUT2D eigenvalue weighted by atomic mass is 32.2. The van der Waals surface area contributed by atoms with Crippen LogP contribution in [0.4, 0.5) is 4.39 Å². The molecule has 0 atom stereocenters. The number of halogens is 1. The molecule has 0 unspecified atom stereocenters. The summed E-state index contributed by atoms with van der Waals surface area (Å²) in [5.74, 6) is -3.23. The number of esters is 2. The lowest BCUT2D eigenvalue weighted by Gasteiger charge is -2.23. The lowest BCUT2D eigenvalue weighted by molar-refractivity contribution is -0.119. The number of rotatable bonds is 9. The first-order valence-corrected chi connectivity index (χ1v) is 16.9. The standard InChI is InChI=1S/C33H37FN2O9S/c1-33(2,3)29(37)28(30-35-26-15-14-22(34)19-27(26)44-30)36-45-46(40,41)25-17-20(31(38)42-23-10-6-4-7-11-23)16-21(18-25)32(39)43-24-12-8-5-9-13-24/h14-19,23-24H,4-13H2,1-3H3/b36-28+. The van der Waals surface area contributed by atoms with E-state index in [2.05, 4.69) is 10.1 Å². The molecule has 11 nitrogen and oxygen atoms in total. The molecular formula is C33H37FN2O9S. The summed E-state index contributed by atoms with van der Waals surface area (Å²) < 4.78 is 62.7. The van der Waals surface area contributed by atoms with Gasteiger partial charge in [0.05, 0.1) is 11.1 Å². The molecule has 0 bridgehead atoms. The maximum atomic E-state index is 13.8. The fourth-order valence-electron chi connectivity index (χ4n) is 5.45. The second-order valence-electron chi connectivity index (χ2n) is 12.8. The topological polar surface area (TPSA) is 151 Å². The molecule has 3 aromatic rings. The summed E-state index contributed by atoms with van der Waals surface area (Å²) in [6.45, 7) is 4.73. The van der Waals surface area contributed by atoms with E-state index >= 15 is 0 Å². The van der Waals surface area contributed by atoms with Crippen molar-refractivity contribution in [2.75, 3.05) is 0 Å². The lowest BCUT2D eigenvalue weighted by Crippen LogP contribution is -2.30. The maximum Gasteiger partial charge on any atom is 0.358 e. The average Bonchev–Trinajstić information content (AvgIpc) is 3.44. The van der Waals surface area contributed by atoms with E-state index in [0.717, 1.165) is 62.8 Å². The summed E-state index contributed by atoms with van der Waals surface area (Å²) in [4.78, 5) is 43.3. The van der Waals surface area contributed by atoms with Gasteiger partial charge in [0.15, 0.2) is 11.4 Å². The van der Waals surface area contributed by atoms with Crippen LogP contribution in [0.25, 0.3) is 11.1 Å². The Balaban J connectivity index is 1.50. The summed E-state index contributed by atoms with van der Waals surface area (Å²) in [5.41, 5.74) is -1.77. The van der Waals surface area contributed by atoms with E-state index < -0.39 is 49.7 Å². The van der Waals surface area contributed by atoms with Crippen molar-refractivity contribution >= 4 is 44.7 Å². The van der Waals surface area contributed by atoms with Gasteiger partial charge >= 0.3 is 22.1 Å². The Morgan fingerprint density at radius 1 is 0.848 bits per heavy atom. The van der Waals surface area contributed by atoms with E-state index in [1.165, 1.54) is 12.1 Å². The molecule has 0 amide bonds. The highest BCUT2D eigenvalue weighted by Crippen LogP contribution is 2.27. The summed E-state index contributed by atoms with van der Waals surface area (Å²) in [7, 11) is -4.84. The monoisotopic (exact) mass is 656 g/mol. The number of carbonyl (C=O) groups is 3. The second-order valence-corrected chi connectivity index (χ2v) is 14.3. The van der Waals surface area contributed by atoms with Gasteiger partial charge in [-0.25, -0.2) is 19.0 Å². The molecule has 13 heteroatoms. The van der Waals surface area contributed by atoms with Gasteiger partial charge in [-0.3, -0.25) is 9.08 Å². The molecule has 0 radical (unpaired) electrons. The number of Topliss-reactive ketones (excluding diaryl/α,β-unsaturated/α-hetero) is 1. The Labute approximate surface area is 266 Å². The molecule has 2 aliphatic rings. The van der Waals surface area contributed by atoms with Crippen molar-refractivity contribution < 1.29 is 45.4 Å². The van der Waals surface area contributed by atoms with Gasteiger partial charge in [0.1, 0.15) is 28.4 Å². The van der Waals surface area contributed by atoms with Crippen LogP contribution in [0, 0.1) is 11.2 Å². The number of oxazole rings is 1. The maximum absolute atomic E-state index is 13.8. The van der Waals surface area contributed by atoms with Gasteiger partial charge in [-0.2, -0.15) is 8.42 Å². The zero-order valence-corrected chi connectivity index (χ0v) is 26.9. The Bertz CT molecular complexity index is 1710. The van der Waals surface area contributed by atoms with Crippen LogP contribution in [0.3, 0.4) is 0 Å². The van der Waals surface area contributed by atoms with E-state index in [4.69, 9.17) is 18.2 Å². The fourth-order valence-corrected chi connectivity index (χ4v) is 6.25. The number of nitrogens with zero attached hydrogens (tertiary/aromatic N) is 2. The van der Waals surface area contributed by atoms with Crippen molar-refractivity contribution in [3.05, 3.63) is 59.2 Å². The zero-order chi connectivity index (χ0) is 33.1. The minimum absolute atomic E-state index is 0.0116. The van der Waals surface area contributed by atoms with Crippen LogP contribution < -0.4 is 0 Å². The van der Waals surface area contributed by atoms with Gasteiger partial charge in [-0.1, -0.05) is 38.8 Å². The number of ether oxygens (including phenoxy) is 2. The number of hydrogen-bond acceptors (Lipinski definition) is 11. The summed E-state index contributed by atoms with van der Waals surface area (Å²) in [5, 5.41) is 3.66. The van der Waals surface area contributed by atoms with Gasteiger partial charge < -0.3 is 13.9 Å². The number of ketones is 1. The number of hydrogen-bond donors (Lipinski definition) is 0. The van der Waals surface area contributed by atoms with E-state index in [-0.39, 0.29) is 40.3 Å². The summed E-state index contributed by atoms with van der Waals surface area (Å²) >= 11 is 0. The Hall–Kier alpha value is -4.13. The third kappa shape index (κ3) is 7.98. The first kappa shape index (κ1) is 33.2. The van der Waals surface area contributed by atoms with Gasteiger partial charge in [-0.05, 0) is 81.7 Å². The molecule has 46 heavy (non-hydrogen) atoms. The van der Waals surface area contributed by atoms with Gasteiger partial charge in [0.25, 0.3) is 5.89 Å². The summed E-state index contributed by atoms with van der Waals surface area (Å²) in [6, 6.07) is 6.85. The van der Waals surface area contributed by atoms with Crippen molar-refractivity contribution in [3.8, 4) is 0 Å². The number of benzene rings is 2. The Morgan fingerprint density at radius 2 is 1.39 bits per heavy atom. The van der Waals surface area contributed by atoms with E-state index in [1.54, 1.807) is 20.8 Å². The van der Waals surface area contributed by atoms with E-state index in [1.807, 2.05) is 0 Å². The second kappa shape index (κ2) is 13.7. The van der Waals surface area contributed by atoms with Crippen LogP contribution in [0.15, 0.2) is 50.9 Å². The predicted molar refractivity (Wildman–Crippen MR) is 164 cm³/mol. The molecule has 1 aromatic heterocycles. The molecule has 5 rings (SSSR count). The fraction of sp³-hybridized carbons (Fsp3) is 0.485. The Kier molecular flexibility index (Phi) is 9.90. The van der Waals surface area contributed by atoms with Gasteiger partial charge in [-0.15, -0.1) is 0 Å². The molecule has 246 valence electrons. The molecular weight excluding hydrogens is 619 g/mol. The van der Waals surface area contributed by atoms with Crippen molar-refractivity contribution in [1.82, 2.24) is 4.98 Å². The van der Waals surface area contributed by atoms with Crippen molar-refractivity contribution in [2.45, 2.75) is 102 Å². The lowest BCUT2D eigenvalue weighted by atomic mass is 9.88. The van der Waals surface area contributed by atoms with Crippen LogP contribution in [-0.4, -0.2) is 49.0 Å². The number of aromatic nitrogens is 1.